The summed E-state index contributed by atoms with van der Waals surface area (Å²) < 4.78 is 5.13. The number of amides is 2. The van der Waals surface area contributed by atoms with Crippen molar-refractivity contribution in [1.29, 1.82) is 0 Å². The van der Waals surface area contributed by atoms with Gasteiger partial charge in [0.1, 0.15) is 0 Å². The predicted molar refractivity (Wildman–Crippen MR) is 166 cm³/mol. The van der Waals surface area contributed by atoms with E-state index in [9.17, 15) is 14.4 Å². The maximum Gasteiger partial charge on any atom is 0.338 e. The molecule has 3 aromatic rings. The third-order valence-corrected chi connectivity index (χ3v) is 7.36. The first kappa shape index (κ1) is 29.0. The van der Waals surface area contributed by atoms with Crippen molar-refractivity contribution in [3.63, 3.8) is 0 Å². The standard InChI is InChI=1S/C33H37N5O4/c1-4-42-33(41)24-10-15-27-28(20-24)36-32(40)30(27)31(23-8-6-5-7-9-23)35-25-11-13-26(14-12-25)38(22(2)3)29(39)21-37-18-16-34-17-19-37/h5-15,20,22,34-35H,4,16-19,21H2,1-3H3,(H,36,40)/b31-30-. The lowest BCUT2D eigenvalue weighted by molar-refractivity contribution is -0.120. The van der Waals surface area contributed by atoms with E-state index in [4.69, 9.17) is 4.74 Å². The van der Waals surface area contributed by atoms with Crippen LogP contribution in [0.15, 0.2) is 72.8 Å². The van der Waals surface area contributed by atoms with E-state index in [2.05, 4.69) is 20.9 Å². The van der Waals surface area contributed by atoms with Gasteiger partial charge in [0.2, 0.25) is 5.91 Å². The van der Waals surface area contributed by atoms with Crippen LogP contribution in [0.4, 0.5) is 17.1 Å². The summed E-state index contributed by atoms with van der Waals surface area (Å²) in [6.07, 6.45) is 0. The number of carbonyl (C=O) groups excluding carboxylic acids is 3. The van der Waals surface area contributed by atoms with Crippen LogP contribution in [0.5, 0.6) is 0 Å². The Hall–Kier alpha value is -4.47. The molecule has 0 bridgehead atoms. The lowest BCUT2D eigenvalue weighted by atomic mass is 9.99. The number of hydrogen-bond acceptors (Lipinski definition) is 7. The van der Waals surface area contributed by atoms with Gasteiger partial charge in [0.15, 0.2) is 0 Å². The van der Waals surface area contributed by atoms with Crippen molar-refractivity contribution in [1.82, 2.24) is 10.2 Å². The number of rotatable bonds is 9. The minimum atomic E-state index is -0.435. The minimum Gasteiger partial charge on any atom is -0.462 e. The number of nitrogens with one attached hydrogen (secondary N) is 3. The molecule has 2 amide bonds. The Morgan fingerprint density at radius 3 is 2.36 bits per heavy atom. The monoisotopic (exact) mass is 567 g/mol. The summed E-state index contributed by atoms with van der Waals surface area (Å²) in [6.45, 7) is 9.95. The molecule has 42 heavy (non-hydrogen) atoms. The van der Waals surface area contributed by atoms with Crippen molar-refractivity contribution in [3.05, 3.63) is 89.5 Å². The van der Waals surface area contributed by atoms with E-state index in [0.717, 1.165) is 43.1 Å². The number of piperazine rings is 1. The maximum atomic E-state index is 13.3. The molecule has 0 saturated carbocycles. The summed E-state index contributed by atoms with van der Waals surface area (Å²) in [5.74, 6) is -0.630. The molecule has 2 aliphatic heterocycles. The molecule has 0 radical (unpaired) electrons. The highest BCUT2D eigenvalue weighted by atomic mass is 16.5. The van der Waals surface area contributed by atoms with Gasteiger partial charge in [-0.15, -0.1) is 0 Å². The number of nitrogens with zero attached hydrogens (tertiary/aromatic N) is 2. The molecule has 0 spiro atoms. The lowest BCUT2D eigenvalue weighted by Gasteiger charge is -2.32. The van der Waals surface area contributed by atoms with Crippen molar-refractivity contribution in [2.75, 3.05) is 54.9 Å². The van der Waals surface area contributed by atoms with Crippen molar-refractivity contribution < 1.29 is 19.1 Å². The molecule has 0 atom stereocenters. The third kappa shape index (κ3) is 6.37. The molecule has 1 saturated heterocycles. The molecule has 0 unspecified atom stereocenters. The third-order valence-electron chi connectivity index (χ3n) is 7.36. The second-order valence-electron chi connectivity index (χ2n) is 10.6. The highest BCUT2D eigenvalue weighted by Crippen LogP contribution is 2.38. The molecule has 3 aromatic carbocycles. The van der Waals surface area contributed by atoms with Crippen molar-refractivity contribution in [2.45, 2.75) is 26.8 Å². The number of anilines is 3. The van der Waals surface area contributed by atoms with Crippen LogP contribution in [-0.2, 0) is 14.3 Å². The van der Waals surface area contributed by atoms with Gasteiger partial charge in [-0.05, 0) is 62.7 Å². The average Bonchev–Trinajstić information content (AvgIpc) is 3.32. The normalized spacial score (nSPS) is 16.0. The summed E-state index contributed by atoms with van der Waals surface area (Å²) in [6, 6.07) is 22.4. The predicted octanol–water partition coefficient (Wildman–Crippen LogP) is 4.44. The molecular weight excluding hydrogens is 530 g/mol. The topological polar surface area (TPSA) is 103 Å². The minimum absolute atomic E-state index is 0.000548. The first-order chi connectivity index (χ1) is 20.4. The number of ether oxygens (including phenoxy) is 1. The van der Waals surface area contributed by atoms with Gasteiger partial charge in [-0.25, -0.2) is 4.79 Å². The van der Waals surface area contributed by atoms with E-state index >= 15 is 0 Å². The van der Waals surface area contributed by atoms with E-state index in [1.165, 1.54) is 0 Å². The first-order valence-corrected chi connectivity index (χ1v) is 14.4. The van der Waals surface area contributed by atoms with Crippen LogP contribution in [0.3, 0.4) is 0 Å². The largest absolute Gasteiger partial charge is 0.462 e. The Kier molecular flexibility index (Phi) is 9.00. The second-order valence-corrected chi connectivity index (χ2v) is 10.6. The fourth-order valence-corrected chi connectivity index (χ4v) is 5.36. The Morgan fingerprint density at radius 1 is 0.976 bits per heavy atom. The summed E-state index contributed by atoms with van der Waals surface area (Å²) in [5, 5.41) is 9.70. The molecule has 218 valence electrons. The van der Waals surface area contributed by atoms with Crippen molar-refractivity contribution >= 4 is 46.1 Å². The smallest absolute Gasteiger partial charge is 0.338 e. The summed E-state index contributed by atoms with van der Waals surface area (Å²) in [7, 11) is 0. The van der Waals surface area contributed by atoms with Gasteiger partial charge in [0.05, 0.1) is 35.7 Å². The van der Waals surface area contributed by atoms with Gasteiger partial charge < -0.3 is 25.6 Å². The molecule has 3 N–H and O–H groups in total. The SMILES string of the molecule is CCOC(=O)c1ccc2c(c1)NC(=O)/C2=C(\Nc1ccc(N(C(=O)CN2CCNCC2)C(C)C)cc1)c1ccccc1. The van der Waals surface area contributed by atoms with Crippen LogP contribution >= 0.6 is 0 Å². The fraction of sp³-hybridized carbons (Fsp3) is 0.303. The highest BCUT2D eigenvalue weighted by molar-refractivity contribution is 6.37. The van der Waals surface area contributed by atoms with Gasteiger partial charge in [-0.2, -0.15) is 0 Å². The van der Waals surface area contributed by atoms with Crippen LogP contribution in [0.25, 0.3) is 11.3 Å². The van der Waals surface area contributed by atoms with Gasteiger partial charge in [0.25, 0.3) is 5.91 Å². The molecule has 9 heteroatoms. The van der Waals surface area contributed by atoms with Crippen molar-refractivity contribution in [3.8, 4) is 0 Å². The number of benzene rings is 3. The molecule has 5 rings (SSSR count). The number of carbonyl (C=O) groups is 3. The van der Waals surface area contributed by atoms with Crippen LogP contribution in [0.1, 0.15) is 42.3 Å². The maximum absolute atomic E-state index is 13.3. The molecular formula is C33H37N5O4. The lowest BCUT2D eigenvalue weighted by Crippen LogP contribution is -2.49. The number of hydrogen-bond donors (Lipinski definition) is 3. The van der Waals surface area contributed by atoms with E-state index < -0.39 is 5.97 Å². The highest BCUT2D eigenvalue weighted by Gasteiger charge is 2.30. The van der Waals surface area contributed by atoms with E-state index in [1.54, 1.807) is 25.1 Å². The van der Waals surface area contributed by atoms with Gasteiger partial charge in [0, 0.05) is 49.2 Å². The van der Waals surface area contributed by atoms with E-state index in [-0.39, 0.29) is 24.5 Å². The second kappa shape index (κ2) is 13.0. The molecule has 9 nitrogen and oxygen atoms in total. The van der Waals surface area contributed by atoms with Gasteiger partial charge >= 0.3 is 5.97 Å². The van der Waals surface area contributed by atoms with Crippen LogP contribution in [0.2, 0.25) is 0 Å². The van der Waals surface area contributed by atoms with E-state index in [1.807, 2.05) is 73.3 Å². The summed E-state index contributed by atoms with van der Waals surface area (Å²) >= 11 is 0. The van der Waals surface area contributed by atoms with Gasteiger partial charge in [-0.3, -0.25) is 14.5 Å². The molecule has 2 aliphatic rings. The number of fused-ring (bicyclic) bond motifs is 1. The summed E-state index contributed by atoms with van der Waals surface area (Å²) in [5.41, 5.74) is 5.17. The van der Waals surface area contributed by atoms with Gasteiger partial charge in [-0.1, -0.05) is 36.4 Å². The first-order valence-electron chi connectivity index (χ1n) is 14.4. The Labute approximate surface area is 246 Å². The zero-order valence-corrected chi connectivity index (χ0v) is 24.3. The van der Waals surface area contributed by atoms with Crippen molar-refractivity contribution in [2.24, 2.45) is 0 Å². The zero-order chi connectivity index (χ0) is 29.6. The summed E-state index contributed by atoms with van der Waals surface area (Å²) in [4.78, 5) is 42.9. The van der Waals surface area contributed by atoms with Crippen LogP contribution in [-0.4, -0.2) is 68.1 Å². The fourth-order valence-electron chi connectivity index (χ4n) is 5.36. The number of esters is 1. The quantitative estimate of drug-likeness (QED) is 0.260. The van der Waals surface area contributed by atoms with Crippen LogP contribution in [0, 0.1) is 0 Å². The van der Waals surface area contributed by atoms with Crippen LogP contribution < -0.4 is 20.9 Å². The molecule has 0 aromatic heterocycles. The van der Waals surface area contributed by atoms with E-state index in [0.29, 0.717) is 34.6 Å². The molecule has 2 heterocycles. The Bertz CT molecular complexity index is 1480. The zero-order valence-electron chi connectivity index (χ0n) is 24.3. The molecule has 0 aliphatic carbocycles. The Balaban J connectivity index is 1.44. The average molecular weight is 568 g/mol. The Morgan fingerprint density at radius 2 is 1.69 bits per heavy atom. The molecule has 1 fully saturated rings.